The highest BCUT2D eigenvalue weighted by atomic mass is 14.9. The van der Waals surface area contributed by atoms with Gasteiger partial charge in [0.15, 0.2) is 5.82 Å². The van der Waals surface area contributed by atoms with Gasteiger partial charge in [0.2, 0.25) is 0 Å². The summed E-state index contributed by atoms with van der Waals surface area (Å²) in [4.78, 5) is 9.69. The zero-order valence-electron chi connectivity index (χ0n) is 14.5. The molecule has 2 nitrogen and oxygen atoms in total. The third kappa shape index (κ3) is 3.03. The molecule has 0 aliphatic heterocycles. The fraction of sp³-hybridized carbons (Fsp3) is 0.130. The minimum Gasteiger partial charge on any atom is -0.233 e. The van der Waals surface area contributed by atoms with Crippen LogP contribution in [0.4, 0.5) is 0 Å². The van der Waals surface area contributed by atoms with Crippen LogP contribution >= 0.6 is 0 Å². The van der Waals surface area contributed by atoms with Gasteiger partial charge in [0, 0.05) is 16.8 Å². The zero-order chi connectivity index (χ0) is 17.2. The molecule has 2 heteroatoms. The zero-order valence-corrected chi connectivity index (χ0v) is 14.5. The fourth-order valence-corrected chi connectivity index (χ4v) is 3.06. The van der Waals surface area contributed by atoms with Gasteiger partial charge in [-0.25, -0.2) is 9.97 Å². The van der Waals surface area contributed by atoms with Crippen molar-refractivity contribution >= 4 is 10.8 Å². The molecule has 0 amide bonds. The lowest BCUT2D eigenvalue weighted by Gasteiger charge is -2.12. The minimum absolute atomic E-state index is 0.346. The smallest absolute Gasteiger partial charge is 0.160 e. The van der Waals surface area contributed by atoms with Crippen LogP contribution in [0.5, 0.6) is 0 Å². The molecule has 0 aliphatic rings. The van der Waals surface area contributed by atoms with Gasteiger partial charge in [-0.05, 0) is 22.8 Å². The maximum atomic E-state index is 4.90. The average Bonchev–Trinajstić information content (AvgIpc) is 2.68. The van der Waals surface area contributed by atoms with Crippen LogP contribution in [0, 0.1) is 0 Å². The van der Waals surface area contributed by atoms with Gasteiger partial charge < -0.3 is 0 Å². The fourth-order valence-electron chi connectivity index (χ4n) is 3.06. The maximum Gasteiger partial charge on any atom is 0.160 e. The molecule has 0 saturated heterocycles. The van der Waals surface area contributed by atoms with E-state index in [1.807, 2.05) is 18.2 Å². The second-order valence-electron chi connectivity index (χ2n) is 6.55. The molecule has 0 atom stereocenters. The van der Waals surface area contributed by atoms with Crippen LogP contribution in [0.15, 0.2) is 78.9 Å². The summed E-state index contributed by atoms with van der Waals surface area (Å²) in [5.41, 5.74) is 4.25. The number of rotatable bonds is 3. The summed E-state index contributed by atoms with van der Waals surface area (Å²) in [7, 11) is 0. The van der Waals surface area contributed by atoms with Crippen molar-refractivity contribution in [1.82, 2.24) is 9.97 Å². The Kier molecular flexibility index (Phi) is 4.02. The SMILES string of the molecule is CC(C)c1cc(-c2cccc3ccccc23)nc(-c2ccccc2)n1. The molecule has 1 heterocycles. The molecule has 0 unspecified atom stereocenters. The van der Waals surface area contributed by atoms with Gasteiger partial charge >= 0.3 is 0 Å². The van der Waals surface area contributed by atoms with E-state index < -0.39 is 0 Å². The highest BCUT2D eigenvalue weighted by Crippen LogP contribution is 2.30. The van der Waals surface area contributed by atoms with E-state index in [9.17, 15) is 0 Å². The van der Waals surface area contributed by atoms with E-state index in [1.165, 1.54) is 10.8 Å². The topological polar surface area (TPSA) is 25.8 Å². The first-order valence-electron chi connectivity index (χ1n) is 8.65. The summed E-state index contributed by atoms with van der Waals surface area (Å²) in [6.45, 7) is 4.34. The number of aromatic nitrogens is 2. The van der Waals surface area contributed by atoms with E-state index in [0.717, 1.165) is 28.3 Å². The van der Waals surface area contributed by atoms with Crippen molar-refractivity contribution in [2.24, 2.45) is 0 Å². The van der Waals surface area contributed by atoms with Crippen molar-refractivity contribution in [1.29, 1.82) is 0 Å². The molecule has 1 aromatic heterocycles. The highest BCUT2D eigenvalue weighted by molar-refractivity contribution is 5.96. The van der Waals surface area contributed by atoms with Crippen molar-refractivity contribution in [2.75, 3.05) is 0 Å². The Balaban J connectivity index is 1.96. The molecule has 0 N–H and O–H groups in total. The van der Waals surface area contributed by atoms with Crippen molar-refractivity contribution in [3.63, 3.8) is 0 Å². The third-order valence-electron chi connectivity index (χ3n) is 4.44. The Morgan fingerprint density at radius 3 is 2.24 bits per heavy atom. The summed E-state index contributed by atoms with van der Waals surface area (Å²) < 4.78 is 0. The van der Waals surface area contributed by atoms with Crippen molar-refractivity contribution in [3.05, 3.63) is 84.6 Å². The molecule has 122 valence electrons. The molecule has 0 spiro atoms. The highest BCUT2D eigenvalue weighted by Gasteiger charge is 2.12. The molecule has 4 aromatic rings. The molecule has 4 rings (SSSR count). The Bertz CT molecular complexity index is 1020. The van der Waals surface area contributed by atoms with E-state index in [4.69, 9.17) is 9.97 Å². The first kappa shape index (κ1) is 15.5. The molecular weight excluding hydrogens is 304 g/mol. The molecule has 0 saturated carbocycles. The summed E-state index contributed by atoms with van der Waals surface area (Å²) in [5, 5.41) is 2.45. The number of hydrogen-bond donors (Lipinski definition) is 0. The van der Waals surface area contributed by atoms with Gasteiger partial charge in [-0.2, -0.15) is 0 Å². The van der Waals surface area contributed by atoms with E-state index in [2.05, 4.69) is 74.5 Å². The molecule has 3 aromatic carbocycles. The van der Waals surface area contributed by atoms with Crippen LogP contribution in [0.3, 0.4) is 0 Å². The van der Waals surface area contributed by atoms with Crippen molar-refractivity contribution < 1.29 is 0 Å². The van der Waals surface area contributed by atoms with E-state index >= 15 is 0 Å². The van der Waals surface area contributed by atoms with Crippen LogP contribution in [0.2, 0.25) is 0 Å². The quantitative estimate of drug-likeness (QED) is 0.456. The van der Waals surface area contributed by atoms with Gasteiger partial charge in [-0.1, -0.05) is 86.6 Å². The largest absolute Gasteiger partial charge is 0.233 e. The second-order valence-corrected chi connectivity index (χ2v) is 6.55. The lowest BCUT2D eigenvalue weighted by molar-refractivity contribution is 0.818. The lowest BCUT2D eigenvalue weighted by atomic mass is 10.00. The van der Waals surface area contributed by atoms with Crippen LogP contribution in [0.25, 0.3) is 33.4 Å². The third-order valence-corrected chi connectivity index (χ3v) is 4.44. The van der Waals surface area contributed by atoms with E-state index in [-0.39, 0.29) is 0 Å². The predicted molar refractivity (Wildman–Crippen MR) is 104 cm³/mol. The number of benzene rings is 3. The first-order chi connectivity index (χ1) is 12.2. The summed E-state index contributed by atoms with van der Waals surface area (Å²) in [6.07, 6.45) is 0. The summed E-state index contributed by atoms with van der Waals surface area (Å²) >= 11 is 0. The average molecular weight is 324 g/mol. The number of nitrogens with zero attached hydrogens (tertiary/aromatic N) is 2. The predicted octanol–water partition coefficient (Wildman–Crippen LogP) is 6.09. The standard InChI is InChI=1S/C23H20N2/c1-16(2)21-15-22(25-23(24-21)18-10-4-3-5-11-18)20-14-8-12-17-9-6-7-13-19(17)20/h3-16H,1-2H3. The first-order valence-corrected chi connectivity index (χ1v) is 8.65. The van der Waals surface area contributed by atoms with Crippen molar-refractivity contribution in [2.45, 2.75) is 19.8 Å². The molecular formula is C23H20N2. The lowest BCUT2D eigenvalue weighted by Crippen LogP contribution is -2.00. The monoisotopic (exact) mass is 324 g/mol. The van der Waals surface area contributed by atoms with E-state index in [0.29, 0.717) is 5.92 Å². The van der Waals surface area contributed by atoms with Gasteiger partial charge in [0.05, 0.1) is 5.69 Å². The molecule has 0 radical (unpaired) electrons. The van der Waals surface area contributed by atoms with Crippen LogP contribution in [0.1, 0.15) is 25.5 Å². The molecule has 0 bridgehead atoms. The Hall–Kier alpha value is -3.00. The second kappa shape index (κ2) is 6.48. The van der Waals surface area contributed by atoms with Crippen LogP contribution < -0.4 is 0 Å². The maximum absolute atomic E-state index is 4.90. The van der Waals surface area contributed by atoms with Gasteiger partial charge in [-0.15, -0.1) is 0 Å². The van der Waals surface area contributed by atoms with Gasteiger partial charge in [0.25, 0.3) is 0 Å². The number of fused-ring (bicyclic) bond motifs is 1. The van der Waals surface area contributed by atoms with Crippen LogP contribution in [-0.2, 0) is 0 Å². The van der Waals surface area contributed by atoms with E-state index in [1.54, 1.807) is 0 Å². The molecule has 0 fully saturated rings. The number of hydrogen-bond acceptors (Lipinski definition) is 2. The summed E-state index contributed by atoms with van der Waals surface area (Å²) in [6, 6.07) is 27.1. The molecule has 0 aliphatic carbocycles. The normalized spacial score (nSPS) is 11.2. The van der Waals surface area contributed by atoms with Gasteiger partial charge in [-0.3, -0.25) is 0 Å². The molecule has 25 heavy (non-hydrogen) atoms. The Morgan fingerprint density at radius 1 is 0.720 bits per heavy atom. The van der Waals surface area contributed by atoms with Crippen molar-refractivity contribution in [3.8, 4) is 22.6 Å². The Labute approximate surface area is 148 Å². The Morgan fingerprint density at radius 2 is 1.44 bits per heavy atom. The summed E-state index contributed by atoms with van der Waals surface area (Å²) in [5.74, 6) is 1.13. The van der Waals surface area contributed by atoms with Gasteiger partial charge in [0.1, 0.15) is 0 Å². The van der Waals surface area contributed by atoms with Crippen LogP contribution in [-0.4, -0.2) is 9.97 Å². The minimum atomic E-state index is 0.346.